The molecule has 1 unspecified atom stereocenters. The topological polar surface area (TPSA) is 98.8 Å². The van der Waals surface area contributed by atoms with Gasteiger partial charge < -0.3 is 14.8 Å². The molecular weight excluding hydrogens is 362 g/mol. The van der Waals surface area contributed by atoms with Crippen molar-refractivity contribution in [3.8, 4) is 5.75 Å². The summed E-state index contributed by atoms with van der Waals surface area (Å²) < 4.78 is 10.3. The van der Waals surface area contributed by atoms with Crippen LogP contribution in [-0.4, -0.2) is 36.2 Å². The largest absolute Gasteiger partial charge is 0.482 e. The summed E-state index contributed by atoms with van der Waals surface area (Å²) in [7, 11) is 0. The Bertz CT molecular complexity index is 871. The van der Waals surface area contributed by atoms with E-state index in [1.54, 1.807) is 48.5 Å². The predicted molar refractivity (Wildman–Crippen MR) is 103 cm³/mol. The van der Waals surface area contributed by atoms with Crippen LogP contribution in [0.15, 0.2) is 48.5 Å². The number of Topliss-reactive ketones (excluding diaryl/α,β-unsaturated/α-hetero) is 2. The molecule has 7 heteroatoms. The molecule has 0 aliphatic heterocycles. The van der Waals surface area contributed by atoms with Crippen molar-refractivity contribution in [1.82, 2.24) is 0 Å². The molecule has 2 rings (SSSR count). The Morgan fingerprint density at radius 1 is 0.857 bits per heavy atom. The molecule has 7 nitrogen and oxygen atoms in total. The maximum atomic E-state index is 12.1. The van der Waals surface area contributed by atoms with Crippen molar-refractivity contribution >= 4 is 29.1 Å². The van der Waals surface area contributed by atoms with E-state index in [-0.39, 0.29) is 18.2 Å². The zero-order chi connectivity index (χ0) is 20.7. The zero-order valence-corrected chi connectivity index (χ0v) is 15.9. The number of rotatable bonds is 8. The van der Waals surface area contributed by atoms with E-state index in [0.717, 1.165) is 0 Å². The van der Waals surface area contributed by atoms with Crippen molar-refractivity contribution in [2.45, 2.75) is 26.9 Å². The van der Waals surface area contributed by atoms with Crippen LogP contribution in [0, 0.1) is 0 Å². The van der Waals surface area contributed by atoms with Crippen molar-refractivity contribution in [3.05, 3.63) is 59.7 Å². The highest BCUT2D eigenvalue weighted by Gasteiger charge is 2.18. The van der Waals surface area contributed by atoms with Crippen molar-refractivity contribution in [2.24, 2.45) is 0 Å². The van der Waals surface area contributed by atoms with E-state index in [4.69, 9.17) is 9.47 Å². The van der Waals surface area contributed by atoms with Gasteiger partial charge in [0.2, 0.25) is 0 Å². The maximum Gasteiger partial charge on any atom is 0.344 e. The first-order chi connectivity index (χ1) is 13.3. The summed E-state index contributed by atoms with van der Waals surface area (Å²) in [4.78, 5) is 46.4. The first-order valence-corrected chi connectivity index (χ1v) is 8.61. The van der Waals surface area contributed by atoms with Crippen LogP contribution in [0.5, 0.6) is 5.75 Å². The van der Waals surface area contributed by atoms with Crippen molar-refractivity contribution in [2.75, 3.05) is 11.9 Å². The van der Waals surface area contributed by atoms with E-state index in [0.29, 0.717) is 22.6 Å². The van der Waals surface area contributed by atoms with E-state index < -0.39 is 18.0 Å². The molecule has 0 aromatic heterocycles. The van der Waals surface area contributed by atoms with Crippen LogP contribution < -0.4 is 10.1 Å². The Hall–Kier alpha value is -3.48. The molecule has 28 heavy (non-hydrogen) atoms. The summed E-state index contributed by atoms with van der Waals surface area (Å²) in [5.74, 6) is -0.942. The van der Waals surface area contributed by atoms with E-state index >= 15 is 0 Å². The first-order valence-electron chi connectivity index (χ1n) is 8.61. The molecule has 0 fully saturated rings. The molecule has 1 N–H and O–H groups in total. The molecule has 0 bridgehead atoms. The van der Waals surface area contributed by atoms with Crippen LogP contribution >= 0.6 is 0 Å². The molecule has 0 spiro atoms. The number of benzene rings is 2. The fraction of sp³-hybridized carbons (Fsp3) is 0.238. The third kappa shape index (κ3) is 6.05. The van der Waals surface area contributed by atoms with Gasteiger partial charge in [0.15, 0.2) is 24.3 Å². The van der Waals surface area contributed by atoms with E-state index in [1.807, 2.05) is 0 Å². The molecule has 146 valence electrons. The van der Waals surface area contributed by atoms with Gasteiger partial charge in [-0.3, -0.25) is 14.4 Å². The number of esters is 1. The molecule has 0 aliphatic rings. The predicted octanol–water partition coefficient (Wildman–Crippen LogP) is 3.04. The van der Waals surface area contributed by atoms with Crippen LogP contribution in [0.3, 0.4) is 0 Å². The number of ether oxygens (including phenoxy) is 2. The molecule has 0 heterocycles. The SMILES string of the molecule is CC(=O)c1ccc(NC(=O)C(C)OC(=O)COc2ccc(C(C)=O)cc2)cc1. The third-order valence-corrected chi connectivity index (χ3v) is 3.85. The molecule has 1 atom stereocenters. The summed E-state index contributed by atoms with van der Waals surface area (Å²) >= 11 is 0. The lowest BCUT2D eigenvalue weighted by molar-refractivity contribution is -0.155. The van der Waals surface area contributed by atoms with E-state index in [1.165, 1.54) is 20.8 Å². The number of carbonyl (C=O) groups is 4. The smallest absolute Gasteiger partial charge is 0.344 e. The molecule has 0 aliphatic carbocycles. The monoisotopic (exact) mass is 383 g/mol. The lowest BCUT2D eigenvalue weighted by Crippen LogP contribution is -2.31. The fourth-order valence-corrected chi connectivity index (χ4v) is 2.24. The summed E-state index contributed by atoms with van der Waals surface area (Å²) in [6.07, 6.45) is -1.02. The minimum absolute atomic E-state index is 0.0678. The van der Waals surface area contributed by atoms with E-state index in [2.05, 4.69) is 5.32 Å². The summed E-state index contributed by atoms with van der Waals surface area (Å²) in [5.41, 5.74) is 1.56. The minimum Gasteiger partial charge on any atom is -0.482 e. The van der Waals surface area contributed by atoms with Crippen LogP contribution in [0.4, 0.5) is 5.69 Å². The van der Waals surface area contributed by atoms with Crippen molar-refractivity contribution in [3.63, 3.8) is 0 Å². The van der Waals surface area contributed by atoms with Gasteiger partial charge in [-0.2, -0.15) is 0 Å². The highest BCUT2D eigenvalue weighted by Crippen LogP contribution is 2.13. The normalized spacial score (nSPS) is 11.2. The summed E-state index contributed by atoms with van der Waals surface area (Å²) in [5, 5.41) is 2.60. The Labute approximate surface area is 162 Å². The quantitative estimate of drug-likeness (QED) is 0.556. The fourth-order valence-electron chi connectivity index (χ4n) is 2.24. The maximum absolute atomic E-state index is 12.1. The highest BCUT2D eigenvalue weighted by atomic mass is 16.6. The molecule has 0 saturated carbocycles. The zero-order valence-electron chi connectivity index (χ0n) is 15.9. The third-order valence-electron chi connectivity index (χ3n) is 3.85. The number of anilines is 1. The second-order valence-electron chi connectivity index (χ2n) is 6.12. The van der Waals surface area contributed by atoms with Gasteiger partial charge in [0, 0.05) is 16.8 Å². The van der Waals surface area contributed by atoms with Crippen molar-refractivity contribution < 1.29 is 28.7 Å². The highest BCUT2D eigenvalue weighted by molar-refractivity contribution is 5.97. The van der Waals surface area contributed by atoms with Gasteiger partial charge >= 0.3 is 5.97 Å². The van der Waals surface area contributed by atoms with E-state index in [9.17, 15) is 19.2 Å². The van der Waals surface area contributed by atoms with Gasteiger partial charge in [0.1, 0.15) is 5.75 Å². The van der Waals surface area contributed by atoms with Crippen LogP contribution in [0.2, 0.25) is 0 Å². The van der Waals surface area contributed by atoms with Crippen molar-refractivity contribution in [1.29, 1.82) is 0 Å². The number of hydrogen-bond donors (Lipinski definition) is 1. The lowest BCUT2D eigenvalue weighted by Gasteiger charge is -2.14. The lowest BCUT2D eigenvalue weighted by atomic mass is 10.1. The second-order valence-corrected chi connectivity index (χ2v) is 6.12. The van der Waals surface area contributed by atoms with Gasteiger partial charge in [0.05, 0.1) is 0 Å². The van der Waals surface area contributed by atoms with Gasteiger partial charge in [-0.25, -0.2) is 4.79 Å². The standard InChI is InChI=1S/C21H21NO6/c1-13(23)16-4-8-18(9-5-16)22-21(26)15(3)28-20(25)12-27-19-10-6-17(7-11-19)14(2)24/h4-11,15H,12H2,1-3H3,(H,22,26). The first kappa shape index (κ1) is 20.8. The molecule has 0 radical (unpaired) electrons. The van der Waals surface area contributed by atoms with Gasteiger partial charge in [-0.1, -0.05) is 0 Å². The average Bonchev–Trinajstić information content (AvgIpc) is 2.67. The number of hydrogen-bond acceptors (Lipinski definition) is 6. The van der Waals surface area contributed by atoms with Crippen LogP contribution in [0.1, 0.15) is 41.5 Å². The molecule has 2 aromatic carbocycles. The number of ketones is 2. The summed E-state index contributed by atoms with van der Waals surface area (Å²) in [6.45, 7) is 3.98. The molecule has 2 aromatic rings. The van der Waals surface area contributed by atoms with Gasteiger partial charge in [-0.15, -0.1) is 0 Å². The Kier molecular flexibility index (Phi) is 7.03. The Morgan fingerprint density at radius 3 is 1.86 bits per heavy atom. The molecule has 0 saturated heterocycles. The number of amides is 1. The molecular formula is C21H21NO6. The van der Waals surface area contributed by atoms with Crippen LogP contribution in [-0.2, 0) is 14.3 Å². The molecule has 1 amide bonds. The summed E-state index contributed by atoms with van der Waals surface area (Å²) in [6, 6.07) is 12.7. The second kappa shape index (κ2) is 9.45. The number of carbonyl (C=O) groups excluding carboxylic acids is 4. The Balaban J connectivity index is 1.81. The van der Waals surface area contributed by atoms with Gasteiger partial charge in [-0.05, 0) is 69.3 Å². The number of nitrogens with one attached hydrogen (secondary N) is 1. The van der Waals surface area contributed by atoms with Gasteiger partial charge in [0.25, 0.3) is 5.91 Å². The minimum atomic E-state index is -1.02. The van der Waals surface area contributed by atoms with Crippen LogP contribution in [0.25, 0.3) is 0 Å². The Morgan fingerprint density at radius 2 is 1.36 bits per heavy atom. The average molecular weight is 383 g/mol.